The molecule has 0 aliphatic heterocycles. The number of alkyl halides is 3. The lowest BCUT2D eigenvalue weighted by Crippen LogP contribution is -2.29. The monoisotopic (exact) mass is 449 g/mol. The summed E-state index contributed by atoms with van der Waals surface area (Å²) in [5, 5.41) is 13.5. The van der Waals surface area contributed by atoms with Crippen molar-refractivity contribution in [1.82, 2.24) is 0 Å². The third kappa shape index (κ3) is 3.54. The van der Waals surface area contributed by atoms with Gasteiger partial charge in [-0.15, -0.1) is 0 Å². The lowest BCUT2D eigenvalue weighted by atomic mass is 9.65. The van der Waals surface area contributed by atoms with Gasteiger partial charge in [-0.2, -0.15) is 13.2 Å². The Bertz CT molecular complexity index is 1420. The third-order valence-corrected chi connectivity index (χ3v) is 6.89. The Morgan fingerprint density at radius 2 is 1.61 bits per heavy atom. The minimum absolute atomic E-state index is 0.0485. The van der Waals surface area contributed by atoms with Gasteiger partial charge in [0, 0.05) is 12.1 Å². The highest BCUT2D eigenvalue weighted by molar-refractivity contribution is 6.10. The molecule has 168 valence electrons. The average Bonchev–Trinajstić information content (AvgIpc) is 2.76. The fourth-order valence-electron chi connectivity index (χ4n) is 5.61. The number of fused-ring (bicyclic) bond motifs is 5. The second-order valence-electron chi connectivity index (χ2n) is 9.50. The van der Waals surface area contributed by atoms with Crippen LogP contribution in [0, 0.1) is 10.1 Å². The number of nitro groups is 1. The molecule has 0 radical (unpaired) electrons. The van der Waals surface area contributed by atoms with Crippen molar-refractivity contribution in [3.63, 3.8) is 0 Å². The van der Waals surface area contributed by atoms with Gasteiger partial charge in [-0.25, -0.2) is 0 Å². The van der Waals surface area contributed by atoms with Crippen molar-refractivity contribution in [3.05, 3.63) is 99.1 Å². The van der Waals surface area contributed by atoms with Gasteiger partial charge in [-0.05, 0) is 68.5 Å². The summed E-state index contributed by atoms with van der Waals surface area (Å²) in [6.45, 7) is 4.11. The zero-order valence-electron chi connectivity index (χ0n) is 18.2. The minimum atomic E-state index is -4.46. The number of nitro benzene ring substituents is 1. The molecule has 1 unspecified atom stereocenters. The molecule has 1 aliphatic carbocycles. The quantitative estimate of drug-likeness (QED) is 0.177. The van der Waals surface area contributed by atoms with Crippen LogP contribution in [0.5, 0.6) is 0 Å². The van der Waals surface area contributed by atoms with Crippen LogP contribution in [0.4, 0.5) is 18.9 Å². The van der Waals surface area contributed by atoms with Crippen molar-refractivity contribution in [2.24, 2.45) is 0 Å². The molecule has 6 heteroatoms. The van der Waals surface area contributed by atoms with Crippen molar-refractivity contribution in [2.75, 3.05) is 0 Å². The zero-order chi connectivity index (χ0) is 23.5. The van der Waals surface area contributed by atoms with E-state index in [-0.39, 0.29) is 17.0 Å². The van der Waals surface area contributed by atoms with E-state index in [1.54, 1.807) is 30.3 Å². The summed E-state index contributed by atoms with van der Waals surface area (Å²) in [5.41, 5.74) is 1.86. The van der Waals surface area contributed by atoms with Crippen molar-refractivity contribution < 1.29 is 18.1 Å². The fourth-order valence-corrected chi connectivity index (χ4v) is 5.61. The van der Waals surface area contributed by atoms with Crippen molar-refractivity contribution in [1.29, 1.82) is 0 Å². The number of benzene rings is 4. The predicted octanol–water partition coefficient (Wildman–Crippen LogP) is 7.93. The van der Waals surface area contributed by atoms with Gasteiger partial charge in [-0.1, -0.05) is 62.4 Å². The van der Waals surface area contributed by atoms with Crippen LogP contribution in [-0.2, 0) is 18.0 Å². The van der Waals surface area contributed by atoms with Crippen molar-refractivity contribution in [3.8, 4) is 0 Å². The van der Waals surface area contributed by atoms with Crippen LogP contribution in [0.3, 0.4) is 0 Å². The highest BCUT2D eigenvalue weighted by Crippen LogP contribution is 2.49. The molecule has 0 N–H and O–H groups in total. The molecule has 0 amide bonds. The number of hydrogen-bond acceptors (Lipinski definition) is 2. The third-order valence-electron chi connectivity index (χ3n) is 6.89. The van der Waals surface area contributed by atoms with Gasteiger partial charge in [0.1, 0.15) is 0 Å². The molecule has 4 aromatic carbocycles. The number of non-ortho nitro benzene ring substituents is 1. The normalized spacial score (nSPS) is 17.8. The maximum Gasteiger partial charge on any atom is 0.417 e. The Hall–Kier alpha value is -3.41. The van der Waals surface area contributed by atoms with E-state index in [1.165, 1.54) is 18.2 Å². The molecule has 33 heavy (non-hydrogen) atoms. The molecule has 0 saturated heterocycles. The number of halogens is 3. The van der Waals surface area contributed by atoms with Gasteiger partial charge in [0.15, 0.2) is 0 Å². The minimum Gasteiger partial charge on any atom is -0.258 e. The SMILES string of the molecule is CC1(C)CC(c2cccc([N+](=O)[O-])c2)Cc2ccc3c(cc(C(F)(F)F)c4ccccc43)c21. The van der Waals surface area contributed by atoms with Crippen LogP contribution in [0.15, 0.2) is 66.7 Å². The molecule has 4 aromatic rings. The van der Waals surface area contributed by atoms with E-state index in [4.69, 9.17) is 0 Å². The smallest absolute Gasteiger partial charge is 0.258 e. The second-order valence-corrected chi connectivity index (χ2v) is 9.50. The molecular formula is C27H22F3NO2. The number of hydrogen-bond donors (Lipinski definition) is 0. The summed E-state index contributed by atoms with van der Waals surface area (Å²) in [4.78, 5) is 10.8. The molecule has 1 atom stereocenters. The molecule has 0 aromatic heterocycles. The summed E-state index contributed by atoms with van der Waals surface area (Å²) in [5.74, 6) is 0.0485. The highest BCUT2D eigenvalue weighted by atomic mass is 19.4. The Morgan fingerprint density at radius 3 is 2.30 bits per heavy atom. The average molecular weight is 449 g/mol. The summed E-state index contributed by atoms with van der Waals surface area (Å²) in [7, 11) is 0. The maximum atomic E-state index is 14.0. The van der Waals surface area contributed by atoms with E-state index in [9.17, 15) is 23.3 Å². The van der Waals surface area contributed by atoms with E-state index in [0.29, 0.717) is 23.6 Å². The van der Waals surface area contributed by atoms with Gasteiger partial charge in [0.25, 0.3) is 5.69 Å². The second kappa shape index (κ2) is 7.30. The summed E-state index contributed by atoms with van der Waals surface area (Å²) in [6, 6.07) is 18.6. The highest BCUT2D eigenvalue weighted by Gasteiger charge is 2.38. The van der Waals surface area contributed by atoms with Crippen LogP contribution >= 0.6 is 0 Å². The van der Waals surface area contributed by atoms with Gasteiger partial charge in [0.05, 0.1) is 10.5 Å². The number of rotatable bonds is 2. The first-order valence-corrected chi connectivity index (χ1v) is 10.9. The molecule has 0 fully saturated rings. The topological polar surface area (TPSA) is 43.1 Å². The Balaban J connectivity index is 1.73. The Kier molecular flexibility index (Phi) is 4.74. The van der Waals surface area contributed by atoms with Crippen molar-refractivity contribution >= 4 is 27.2 Å². The molecule has 0 bridgehead atoms. The van der Waals surface area contributed by atoms with E-state index in [0.717, 1.165) is 22.1 Å². The van der Waals surface area contributed by atoms with E-state index in [2.05, 4.69) is 13.8 Å². The first-order valence-electron chi connectivity index (χ1n) is 10.9. The van der Waals surface area contributed by atoms with Gasteiger partial charge in [-0.3, -0.25) is 10.1 Å². The summed E-state index contributed by atoms with van der Waals surface area (Å²) < 4.78 is 42.0. The van der Waals surface area contributed by atoms with E-state index < -0.39 is 22.1 Å². The van der Waals surface area contributed by atoms with Crippen LogP contribution < -0.4 is 0 Å². The lowest BCUT2D eigenvalue weighted by molar-refractivity contribution is -0.384. The first kappa shape index (κ1) is 21.4. The van der Waals surface area contributed by atoms with Gasteiger partial charge in [0.2, 0.25) is 0 Å². The number of nitrogens with zero attached hydrogens (tertiary/aromatic N) is 1. The Labute approximate surface area is 189 Å². The zero-order valence-corrected chi connectivity index (χ0v) is 18.2. The van der Waals surface area contributed by atoms with Crippen LogP contribution in [-0.4, -0.2) is 4.92 Å². The molecule has 0 saturated carbocycles. The standard InChI is InChI=1S/C27H22F3NO2/c1-26(2)15-18(16-6-5-7-19(13-16)31(32)33)12-17-10-11-21-20-8-3-4-9-22(20)24(27(28,29)30)14-23(21)25(17)26/h3-11,13-14,18H,12,15H2,1-2H3. The fraction of sp³-hybridized carbons (Fsp3) is 0.259. The van der Waals surface area contributed by atoms with Crippen LogP contribution in [0.2, 0.25) is 0 Å². The molecule has 1 aliphatic rings. The van der Waals surface area contributed by atoms with Gasteiger partial charge >= 0.3 is 6.18 Å². The molecular weight excluding hydrogens is 427 g/mol. The molecule has 5 rings (SSSR count). The predicted molar refractivity (Wildman–Crippen MR) is 124 cm³/mol. The summed E-state index contributed by atoms with van der Waals surface area (Å²) >= 11 is 0. The molecule has 0 spiro atoms. The first-order chi connectivity index (χ1) is 15.6. The largest absolute Gasteiger partial charge is 0.417 e. The lowest BCUT2D eigenvalue weighted by Gasteiger charge is -2.39. The van der Waals surface area contributed by atoms with Crippen LogP contribution in [0.25, 0.3) is 21.5 Å². The summed E-state index contributed by atoms with van der Waals surface area (Å²) in [6.07, 6.45) is -3.14. The van der Waals surface area contributed by atoms with E-state index in [1.807, 2.05) is 18.2 Å². The molecule has 0 heterocycles. The van der Waals surface area contributed by atoms with E-state index >= 15 is 0 Å². The maximum absolute atomic E-state index is 14.0. The van der Waals surface area contributed by atoms with Gasteiger partial charge < -0.3 is 0 Å². The van der Waals surface area contributed by atoms with Crippen molar-refractivity contribution in [2.45, 2.75) is 44.2 Å². The van der Waals surface area contributed by atoms with Crippen LogP contribution in [0.1, 0.15) is 48.4 Å². The Morgan fingerprint density at radius 1 is 0.909 bits per heavy atom. The molecule has 3 nitrogen and oxygen atoms in total.